The van der Waals surface area contributed by atoms with Crippen molar-refractivity contribution in [2.45, 2.75) is 31.9 Å². The van der Waals surface area contributed by atoms with Crippen LogP contribution >= 0.6 is 0 Å². The van der Waals surface area contributed by atoms with Crippen LogP contribution in [0.4, 0.5) is 40.6 Å². The molecule has 2 aromatic carbocycles. The molecule has 0 atom stereocenters. The third kappa shape index (κ3) is 6.15. The Labute approximate surface area is 245 Å². The molecule has 0 saturated heterocycles. The number of fused-ring (bicyclic) bond motifs is 1. The molecule has 0 saturated carbocycles. The summed E-state index contributed by atoms with van der Waals surface area (Å²) < 4.78 is 30.6. The van der Waals surface area contributed by atoms with Crippen LogP contribution in [-0.4, -0.2) is 53.4 Å². The number of sulfone groups is 1. The number of rotatable bonds is 9. The second-order valence-electron chi connectivity index (χ2n) is 11.2. The molecule has 0 unspecified atom stereocenters. The van der Waals surface area contributed by atoms with E-state index in [1.54, 1.807) is 18.3 Å². The van der Waals surface area contributed by atoms with Crippen molar-refractivity contribution >= 4 is 61.5 Å². The van der Waals surface area contributed by atoms with Crippen LogP contribution in [0.25, 0.3) is 11.0 Å². The van der Waals surface area contributed by atoms with Crippen LogP contribution in [0.2, 0.25) is 0 Å². The third-order valence-electron chi connectivity index (χ3n) is 6.76. The summed E-state index contributed by atoms with van der Waals surface area (Å²) in [5.41, 5.74) is 4.75. The highest BCUT2D eigenvalue weighted by Gasteiger charge is 2.22. The van der Waals surface area contributed by atoms with E-state index in [0.29, 0.717) is 23.5 Å². The first kappa shape index (κ1) is 28.9. The number of imidazole rings is 1. The van der Waals surface area contributed by atoms with Crippen molar-refractivity contribution < 1.29 is 12.9 Å². The van der Waals surface area contributed by atoms with Gasteiger partial charge in [0, 0.05) is 50.8 Å². The van der Waals surface area contributed by atoms with Gasteiger partial charge in [0.2, 0.25) is 11.9 Å². The highest BCUT2D eigenvalue weighted by Crippen LogP contribution is 2.37. The van der Waals surface area contributed by atoms with Crippen molar-refractivity contribution in [1.82, 2.24) is 24.7 Å². The van der Waals surface area contributed by atoms with Crippen LogP contribution in [0.1, 0.15) is 32.1 Å². The first-order chi connectivity index (χ1) is 19.8. The maximum absolute atomic E-state index is 11.6. The Morgan fingerprint density at radius 1 is 1.02 bits per heavy atom. The fourth-order valence-corrected chi connectivity index (χ4v) is 5.32. The predicted molar refractivity (Wildman–Crippen MR) is 167 cm³/mol. The molecule has 0 bridgehead atoms. The number of nitrogens with zero attached hydrogens (tertiary/aromatic N) is 6. The van der Waals surface area contributed by atoms with Crippen LogP contribution in [0.5, 0.6) is 0 Å². The molecule has 5 aromatic rings. The summed E-state index contributed by atoms with van der Waals surface area (Å²) in [6, 6.07) is 14.9. The number of anilines is 7. The van der Waals surface area contributed by atoms with Crippen molar-refractivity contribution in [3.05, 3.63) is 66.1 Å². The van der Waals surface area contributed by atoms with Crippen LogP contribution in [0.15, 0.2) is 59.3 Å². The molecule has 12 nitrogen and oxygen atoms in total. The monoisotopic (exact) mass is 589 g/mol. The maximum Gasteiger partial charge on any atom is 0.229 e. The standard InChI is InChI=1S/C29H35N9O3S/c1-29(2,3)22-16-23(36-41-22)33-28-35-26-21(38(28)6)13-12-20(25(26)30-4)37(5)24-14-15-31-27(34-24)32-19-10-8-18(9-11-19)17-42(7,39)40/h8-16,30H,17H2,1-7H3,(H,31,32,34)(H,33,35,36). The van der Waals surface area contributed by atoms with Gasteiger partial charge in [0.15, 0.2) is 15.7 Å². The van der Waals surface area contributed by atoms with Crippen molar-refractivity contribution in [3.63, 3.8) is 0 Å². The Balaban J connectivity index is 1.40. The molecular formula is C29H35N9O3S. The lowest BCUT2D eigenvalue weighted by molar-refractivity contribution is 0.331. The summed E-state index contributed by atoms with van der Waals surface area (Å²) >= 11 is 0. The first-order valence-electron chi connectivity index (χ1n) is 13.3. The predicted octanol–water partition coefficient (Wildman–Crippen LogP) is 5.49. The molecule has 0 aliphatic rings. The van der Waals surface area contributed by atoms with Crippen molar-refractivity contribution in [2.75, 3.05) is 41.2 Å². The van der Waals surface area contributed by atoms with E-state index in [1.165, 1.54) is 6.26 Å². The number of aromatic nitrogens is 5. The highest BCUT2D eigenvalue weighted by molar-refractivity contribution is 7.89. The molecule has 5 rings (SSSR count). The van der Waals surface area contributed by atoms with E-state index < -0.39 is 9.84 Å². The Morgan fingerprint density at radius 2 is 1.76 bits per heavy atom. The normalized spacial score (nSPS) is 12.0. The molecule has 3 N–H and O–H groups in total. The summed E-state index contributed by atoms with van der Waals surface area (Å²) in [5, 5.41) is 13.9. The Kier molecular flexibility index (Phi) is 7.54. The first-order valence-corrected chi connectivity index (χ1v) is 15.4. The van der Waals surface area contributed by atoms with Gasteiger partial charge in [0.05, 0.1) is 22.6 Å². The van der Waals surface area contributed by atoms with Crippen LogP contribution in [0, 0.1) is 0 Å². The lowest BCUT2D eigenvalue weighted by atomic mass is 9.93. The molecule has 0 aliphatic heterocycles. The van der Waals surface area contributed by atoms with Gasteiger partial charge in [-0.25, -0.2) is 18.4 Å². The molecule has 0 aliphatic carbocycles. The topological polar surface area (TPSA) is 143 Å². The summed E-state index contributed by atoms with van der Waals surface area (Å²) in [6.45, 7) is 6.21. The molecule has 13 heteroatoms. The number of aryl methyl sites for hydroxylation is 1. The zero-order valence-corrected chi connectivity index (χ0v) is 25.5. The lowest BCUT2D eigenvalue weighted by Crippen LogP contribution is -2.14. The minimum absolute atomic E-state index is 0.00558. The summed E-state index contributed by atoms with van der Waals surface area (Å²) in [7, 11) is 2.64. The summed E-state index contributed by atoms with van der Waals surface area (Å²) in [4.78, 5) is 15.9. The highest BCUT2D eigenvalue weighted by atomic mass is 32.2. The van der Waals surface area contributed by atoms with Gasteiger partial charge in [-0.2, -0.15) is 4.98 Å². The molecule has 42 heavy (non-hydrogen) atoms. The van der Waals surface area contributed by atoms with Gasteiger partial charge in [-0.15, -0.1) is 0 Å². The third-order valence-corrected chi connectivity index (χ3v) is 7.61. The zero-order valence-electron chi connectivity index (χ0n) is 24.7. The molecule has 3 heterocycles. The van der Waals surface area contributed by atoms with Gasteiger partial charge in [-0.3, -0.25) is 0 Å². The molecule has 0 radical (unpaired) electrons. The molecule has 0 amide bonds. The zero-order chi connectivity index (χ0) is 30.2. The SMILES string of the molecule is CNc1c(N(C)c2ccnc(Nc3ccc(CS(C)(=O)=O)cc3)n2)ccc2c1nc(Nc1cc(C(C)(C)C)on1)n2C. The molecule has 220 valence electrons. The second-order valence-corrected chi connectivity index (χ2v) is 13.4. The Hall–Kier alpha value is -4.65. The Morgan fingerprint density at radius 3 is 2.40 bits per heavy atom. The summed E-state index contributed by atoms with van der Waals surface area (Å²) in [5.74, 6) is 3.08. The van der Waals surface area contributed by atoms with E-state index in [2.05, 4.69) is 46.9 Å². The smallest absolute Gasteiger partial charge is 0.229 e. The number of nitrogens with one attached hydrogen (secondary N) is 3. The van der Waals surface area contributed by atoms with Gasteiger partial charge in [0.25, 0.3) is 0 Å². The summed E-state index contributed by atoms with van der Waals surface area (Å²) in [6.07, 6.45) is 2.90. The van der Waals surface area contributed by atoms with Gasteiger partial charge in [-0.05, 0) is 35.9 Å². The number of benzene rings is 2. The van der Waals surface area contributed by atoms with E-state index in [1.807, 2.05) is 67.0 Å². The van der Waals surface area contributed by atoms with E-state index >= 15 is 0 Å². The van der Waals surface area contributed by atoms with Crippen molar-refractivity contribution in [1.29, 1.82) is 0 Å². The minimum atomic E-state index is -3.10. The van der Waals surface area contributed by atoms with E-state index in [0.717, 1.165) is 39.4 Å². The molecule has 0 fully saturated rings. The van der Waals surface area contributed by atoms with Gasteiger partial charge in [0.1, 0.15) is 17.1 Å². The average molecular weight is 590 g/mol. The lowest BCUT2D eigenvalue weighted by Gasteiger charge is -2.22. The van der Waals surface area contributed by atoms with Gasteiger partial charge in [-0.1, -0.05) is 38.1 Å². The van der Waals surface area contributed by atoms with Crippen LogP contribution in [0.3, 0.4) is 0 Å². The van der Waals surface area contributed by atoms with E-state index in [4.69, 9.17) is 14.5 Å². The quantitative estimate of drug-likeness (QED) is 0.201. The van der Waals surface area contributed by atoms with E-state index in [-0.39, 0.29) is 11.2 Å². The van der Waals surface area contributed by atoms with Crippen molar-refractivity contribution in [2.24, 2.45) is 7.05 Å². The number of hydrogen-bond donors (Lipinski definition) is 3. The fraction of sp³-hybridized carbons (Fsp3) is 0.310. The van der Waals surface area contributed by atoms with Crippen molar-refractivity contribution in [3.8, 4) is 0 Å². The molecule has 0 spiro atoms. The maximum atomic E-state index is 11.6. The van der Waals surface area contributed by atoms with Crippen LogP contribution in [-0.2, 0) is 28.1 Å². The largest absolute Gasteiger partial charge is 0.385 e. The minimum Gasteiger partial charge on any atom is -0.385 e. The average Bonchev–Trinajstić information content (AvgIpc) is 3.53. The molecular weight excluding hydrogens is 554 g/mol. The number of hydrogen-bond acceptors (Lipinski definition) is 11. The molecule has 3 aromatic heterocycles. The van der Waals surface area contributed by atoms with Gasteiger partial charge < -0.3 is 29.9 Å². The van der Waals surface area contributed by atoms with E-state index in [9.17, 15) is 8.42 Å². The fourth-order valence-electron chi connectivity index (χ4n) is 4.52. The van der Waals surface area contributed by atoms with Gasteiger partial charge >= 0.3 is 0 Å². The van der Waals surface area contributed by atoms with Crippen LogP contribution < -0.4 is 20.9 Å². The Bertz CT molecular complexity index is 1840. The second kappa shape index (κ2) is 11.0.